The Bertz CT molecular complexity index is 555. The Balaban J connectivity index is 1.60. The van der Waals surface area contributed by atoms with Crippen molar-refractivity contribution in [3.8, 4) is 0 Å². The van der Waals surface area contributed by atoms with Gasteiger partial charge in [-0.25, -0.2) is 0 Å². The van der Waals surface area contributed by atoms with Crippen molar-refractivity contribution in [1.82, 2.24) is 0 Å². The number of carbonyl (C=O) groups excluding carboxylic acids is 1. The predicted octanol–water partition coefficient (Wildman–Crippen LogP) is 4.56. The van der Waals surface area contributed by atoms with E-state index in [1.165, 1.54) is 0 Å². The first-order valence-corrected chi connectivity index (χ1v) is 7.46. The number of benzene rings is 2. The summed E-state index contributed by atoms with van der Waals surface area (Å²) in [6.07, 6.45) is 2.35. The fraction of sp³-hybridized carbons (Fsp3) is 0.235. The Hall–Kier alpha value is -2.00. The maximum Gasteiger partial charge on any atom is 0.224 e. The van der Waals surface area contributed by atoms with Gasteiger partial charge in [-0.1, -0.05) is 29.8 Å². The molecular weight excluding hydrogens is 284 g/mol. The second-order valence-electron chi connectivity index (χ2n) is 4.80. The Labute approximate surface area is 130 Å². The Morgan fingerprint density at radius 2 is 1.62 bits per heavy atom. The molecule has 0 aliphatic rings. The van der Waals surface area contributed by atoms with E-state index in [1.807, 2.05) is 30.3 Å². The van der Waals surface area contributed by atoms with E-state index in [-0.39, 0.29) is 5.91 Å². The lowest BCUT2D eigenvalue weighted by molar-refractivity contribution is -0.116. The molecule has 2 N–H and O–H groups in total. The molecule has 0 saturated heterocycles. The van der Waals surface area contributed by atoms with Crippen molar-refractivity contribution in [3.05, 3.63) is 59.6 Å². The molecule has 0 heterocycles. The standard InChI is InChI=1S/C17H19ClN2O/c18-14-9-11-16(12-10-14)20-17(21)8-4-5-13-19-15-6-2-1-3-7-15/h1-3,6-7,9-12,19H,4-5,8,13H2,(H,20,21). The van der Waals surface area contributed by atoms with Crippen LogP contribution in [0.1, 0.15) is 19.3 Å². The van der Waals surface area contributed by atoms with Crippen LogP contribution in [0.2, 0.25) is 5.02 Å². The van der Waals surface area contributed by atoms with Crippen molar-refractivity contribution in [1.29, 1.82) is 0 Å². The average molecular weight is 303 g/mol. The molecule has 0 radical (unpaired) electrons. The van der Waals surface area contributed by atoms with E-state index in [0.717, 1.165) is 30.8 Å². The van der Waals surface area contributed by atoms with Crippen LogP contribution in [0, 0.1) is 0 Å². The molecule has 3 nitrogen and oxygen atoms in total. The van der Waals surface area contributed by atoms with E-state index >= 15 is 0 Å². The van der Waals surface area contributed by atoms with Gasteiger partial charge in [-0.15, -0.1) is 0 Å². The lowest BCUT2D eigenvalue weighted by Crippen LogP contribution is -2.11. The summed E-state index contributed by atoms with van der Waals surface area (Å²) in [7, 11) is 0. The first-order chi connectivity index (χ1) is 10.2. The number of carbonyl (C=O) groups is 1. The van der Waals surface area contributed by atoms with E-state index < -0.39 is 0 Å². The highest BCUT2D eigenvalue weighted by atomic mass is 35.5. The van der Waals surface area contributed by atoms with E-state index in [9.17, 15) is 4.79 Å². The maximum atomic E-state index is 11.8. The predicted molar refractivity (Wildman–Crippen MR) is 88.9 cm³/mol. The highest BCUT2D eigenvalue weighted by Gasteiger charge is 2.02. The zero-order valence-electron chi connectivity index (χ0n) is 11.8. The summed E-state index contributed by atoms with van der Waals surface area (Å²) < 4.78 is 0. The van der Waals surface area contributed by atoms with E-state index in [2.05, 4.69) is 10.6 Å². The maximum absolute atomic E-state index is 11.8. The Kier molecular flexibility index (Phi) is 6.10. The molecule has 1 amide bonds. The number of anilines is 2. The molecule has 0 unspecified atom stereocenters. The summed E-state index contributed by atoms with van der Waals surface area (Å²) in [6, 6.07) is 17.2. The largest absolute Gasteiger partial charge is 0.385 e. The number of hydrogen-bond donors (Lipinski definition) is 2. The van der Waals surface area contributed by atoms with E-state index in [4.69, 9.17) is 11.6 Å². The smallest absolute Gasteiger partial charge is 0.224 e. The number of para-hydroxylation sites is 1. The van der Waals surface area contributed by atoms with Crippen molar-refractivity contribution in [2.24, 2.45) is 0 Å². The molecule has 0 aliphatic heterocycles. The molecular formula is C17H19ClN2O. The minimum atomic E-state index is 0.0389. The number of rotatable bonds is 7. The lowest BCUT2D eigenvalue weighted by atomic mass is 10.2. The summed E-state index contributed by atoms with van der Waals surface area (Å²) in [4.78, 5) is 11.8. The zero-order chi connectivity index (χ0) is 14.9. The van der Waals surface area contributed by atoms with Crippen LogP contribution in [0.15, 0.2) is 54.6 Å². The molecule has 0 aliphatic carbocycles. The quantitative estimate of drug-likeness (QED) is 0.736. The van der Waals surface area contributed by atoms with Crippen LogP contribution in [0.25, 0.3) is 0 Å². The number of halogens is 1. The molecule has 0 aromatic heterocycles. The van der Waals surface area contributed by atoms with Crippen LogP contribution in [0.3, 0.4) is 0 Å². The molecule has 2 aromatic carbocycles. The third-order valence-electron chi connectivity index (χ3n) is 3.06. The van der Waals surface area contributed by atoms with Gasteiger partial charge in [-0.3, -0.25) is 4.79 Å². The highest BCUT2D eigenvalue weighted by Crippen LogP contribution is 2.14. The molecule has 2 aromatic rings. The first kappa shape index (κ1) is 15.4. The van der Waals surface area contributed by atoms with Gasteiger partial charge >= 0.3 is 0 Å². The fourth-order valence-electron chi connectivity index (χ4n) is 1.96. The number of amides is 1. The Morgan fingerprint density at radius 3 is 2.33 bits per heavy atom. The van der Waals surface area contributed by atoms with Crippen molar-refractivity contribution in [2.75, 3.05) is 17.2 Å². The number of nitrogens with one attached hydrogen (secondary N) is 2. The summed E-state index contributed by atoms with van der Waals surface area (Å²) in [5.41, 5.74) is 1.90. The van der Waals surface area contributed by atoms with Gasteiger partial charge < -0.3 is 10.6 Å². The van der Waals surface area contributed by atoms with Crippen LogP contribution in [-0.4, -0.2) is 12.5 Å². The molecule has 110 valence electrons. The van der Waals surface area contributed by atoms with Gasteiger partial charge in [0.15, 0.2) is 0 Å². The van der Waals surface area contributed by atoms with Gasteiger partial charge in [0, 0.05) is 29.4 Å². The molecule has 2 rings (SSSR count). The molecule has 0 fully saturated rings. The van der Waals surface area contributed by atoms with Gasteiger partial charge in [0.2, 0.25) is 5.91 Å². The van der Waals surface area contributed by atoms with Gasteiger partial charge in [0.05, 0.1) is 0 Å². The minimum absolute atomic E-state index is 0.0389. The second kappa shape index (κ2) is 8.32. The van der Waals surface area contributed by atoms with Crippen molar-refractivity contribution in [2.45, 2.75) is 19.3 Å². The normalized spacial score (nSPS) is 10.1. The van der Waals surface area contributed by atoms with Crippen LogP contribution >= 0.6 is 11.6 Å². The SMILES string of the molecule is O=C(CCCCNc1ccccc1)Nc1ccc(Cl)cc1. The summed E-state index contributed by atoms with van der Waals surface area (Å²) >= 11 is 5.80. The summed E-state index contributed by atoms with van der Waals surface area (Å²) in [6.45, 7) is 0.873. The summed E-state index contributed by atoms with van der Waals surface area (Å²) in [5, 5.41) is 6.85. The van der Waals surface area contributed by atoms with Gasteiger partial charge in [-0.2, -0.15) is 0 Å². The van der Waals surface area contributed by atoms with Crippen molar-refractivity contribution < 1.29 is 4.79 Å². The van der Waals surface area contributed by atoms with Crippen LogP contribution in [0.4, 0.5) is 11.4 Å². The third kappa shape index (κ3) is 5.88. The van der Waals surface area contributed by atoms with Crippen LogP contribution < -0.4 is 10.6 Å². The van der Waals surface area contributed by atoms with Crippen molar-refractivity contribution in [3.63, 3.8) is 0 Å². The molecule has 4 heteroatoms. The molecule has 0 spiro atoms. The lowest BCUT2D eigenvalue weighted by Gasteiger charge is -2.07. The first-order valence-electron chi connectivity index (χ1n) is 7.08. The minimum Gasteiger partial charge on any atom is -0.385 e. The third-order valence-corrected chi connectivity index (χ3v) is 3.31. The highest BCUT2D eigenvalue weighted by molar-refractivity contribution is 6.30. The van der Waals surface area contributed by atoms with Crippen LogP contribution in [-0.2, 0) is 4.79 Å². The van der Waals surface area contributed by atoms with Gasteiger partial charge in [0.1, 0.15) is 0 Å². The second-order valence-corrected chi connectivity index (χ2v) is 5.24. The molecule has 0 saturated carbocycles. The fourth-order valence-corrected chi connectivity index (χ4v) is 2.08. The topological polar surface area (TPSA) is 41.1 Å². The molecule has 0 bridgehead atoms. The Morgan fingerprint density at radius 1 is 0.905 bits per heavy atom. The average Bonchev–Trinajstić information content (AvgIpc) is 2.50. The number of hydrogen-bond acceptors (Lipinski definition) is 2. The monoisotopic (exact) mass is 302 g/mol. The molecule has 0 atom stereocenters. The van der Waals surface area contributed by atoms with E-state index in [1.54, 1.807) is 24.3 Å². The summed E-state index contributed by atoms with van der Waals surface area (Å²) in [5.74, 6) is 0.0389. The zero-order valence-corrected chi connectivity index (χ0v) is 12.6. The van der Waals surface area contributed by atoms with Gasteiger partial charge in [-0.05, 0) is 49.2 Å². The van der Waals surface area contributed by atoms with Gasteiger partial charge in [0.25, 0.3) is 0 Å². The molecule has 21 heavy (non-hydrogen) atoms. The van der Waals surface area contributed by atoms with Crippen LogP contribution in [0.5, 0.6) is 0 Å². The number of unbranched alkanes of at least 4 members (excludes halogenated alkanes) is 1. The van der Waals surface area contributed by atoms with E-state index in [0.29, 0.717) is 11.4 Å². The van der Waals surface area contributed by atoms with Crippen molar-refractivity contribution >= 4 is 28.9 Å².